The number of amides is 1. The summed E-state index contributed by atoms with van der Waals surface area (Å²) in [5.41, 5.74) is 1.62. The molecule has 0 fully saturated rings. The number of rotatable bonds is 4. The number of likely N-dealkylation sites (N-methyl/N-ethyl adjacent to an activating group) is 1. The maximum Gasteiger partial charge on any atom is 0.418 e. The SMILES string of the molecule is Cc1cc(C)cc(N(C)CC(=O)Nc2ccc(Cl)cc2C(F)(F)F)c1. The normalized spacial score (nSPS) is 11.3. The summed E-state index contributed by atoms with van der Waals surface area (Å²) in [7, 11) is 1.71. The molecule has 0 unspecified atom stereocenters. The minimum absolute atomic E-state index is 0.0438. The van der Waals surface area contributed by atoms with Gasteiger partial charge >= 0.3 is 6.18 Å². The average Bonchev–Trinajstić information content (AvgIpc) is 2.47. The number of alkyl halides is 3. The summed E-state index contributed by atoms with van der Waals surface area (Å²) in [6.07, 6.45) is -4.60. The van der Waals surface area contributed by atoms with E-state index in [4.69, 9.17) is 11.6 Å². The minimum Gasteiger partial charge on any atom is -0.365 e. The molecule has 2 aromatic carbocycles. The Labute approximate surface area is 149 Å². The molecule has 0 saturated heterocycles. The molecule has 0 radical (unpaired) electrons. The molecule has 0 bridgehead atoms. The van der Waals surface area contributed by atoms with Crippen molar-refractivity contribution in [1.82, 2.24) is 0 Å². The van der Waals surface area contributed by atoms with Crippen molar-refractivity contribution in [1.29, 1.82) is 0 Å². The lowest BCUT2D eigenvalue weighted by Gasteiger charge is -2.21. The van der Waals surface area contributed by atoms with Crippen LogP contribution >= 0.6 is 11.6 Å². The van der Waals surface area contributed by atoms with Crippen molar-refractivity contribution in [3.8, 4) is 0 Å². The van der Waals surface area contributed by atoms with Crippen molar-refractivity contribution in [2.45, 2.75) is 20.0 Å². The summed E-state index contributed by atoms with van der Waals surface area (Å²) in [6, 6.07) is 9.07. The van der Waals surface area contributed by atoms with Gasteiger partial charge in [0, 0.05) is 17.8 Å². The van der Waals surface area contributed by atoms with E-state index in [9.17, 15) is 18.0 Å². The number of anilines is 2. The number of carbonyl (C=O) groups excluding carboxylic acids is 1. The average molecular weight is 371 g/mol. The zero-order chi connectivity index (χ0) is 18.8. The zero-order valence-corrected chi connectivity index (χ0v) is 14.8. The minimum atomic E-state index is -4.60. The van der Waals surface area contributed by atoms with Crippen LogP contribution in [0, 0.1) is 13.8 Å². The Balaban J connectivity index is 2.15. The quantitative estimate of drug-likeness (QED) is 0.816. The lowest BCUT2D eigenvalue weighted by Crippen LogP contribution is -2.30. The lowest BCUT2D eigenvalue weighted by atomic mass is 10.1. The highest BCUT2D eigenvalue weighted by Gasteiger charge is 2.34. The zero-order valence-electron chi connectivity index (χ0n) is 14.0. The molecule has 25 heavy (non-hydrogen) atoms. The van der Waals surface area contributed by atoms with Gasteiger partial charge in [-0.2, -0.15) is 13.2 Å². The molecule has 7 heteroatoms. The van der Waals surface area contributed by atoms with Gasteiger partial charge in [-0.25, -0.2) is 0 Å². The summed E-state index contributed by atoms with van der Waals surface area (Å²) >= 11 is 5.63. The van der Waals surface area contributed by atoms with Gasteiger partial charge in [-0.1, -0.05) is 17.7 Å². The Morgan fingerprint density at radius 3 is 2.28 bits per heavy atom. The topological polar surface area (TPSA) is 32.3 Å². The molecule has 2 rings (SSSR count). The van der Waals surface area contributed by atoms with Crippen LogP contribution in [0.15, 0.2) is 36.4 Å². The Morgan fingerprint density at radius 2 is 1.72 bits per heavy atom. The molecule has 0 heterocycles. The first kappa shape index (κ1) is 19.1. The molecular weight excluding hydrogens is 353 g/mol. The highest BCUT2D eigenvalue weighted by Crippen LogP contribution is 2.36. The summed E-state index contributed by atoms with van der Waals surface area (Å²) in [6.45, 7) is 3.80. The number of halogens is 4. The number of hydrogen-bond donors (Lipinski definition) is 1. The van der Waals surface area contributed by atoms with Crippen LogP contribution in [0.2, 0.25) is 5.02 Å². The van der Waals surface area contributed by atoms with Crippen LogP contribution in [-0.4, -0.2) is 19.5 Å². The van der Waals surface area contributed by atoms with E-state index in [0.29, 0.717) is 0 Å². The first-order valence-corrected chi connectivity index (χ1v) is 7.90. The number of benzene rings is 2. The molecule has 2 aromatic rings. The molecule has 134 valence electrons. The first-order chi connectivity index (χ1) is 11.6. The fraction of sp³-hybridized carbons (Fsp3) is 0.278. The molecule has 0 aliphatic rings. The van der Waals surface area contributed by atoms with E-state index in [-0.39, 0.29) is 17.3 Å². The highest BCUT2D eigenvalue weighted by atomic mass is 35.5. The summed E-state index contributed by atoms with van der Waals surface area (Å²) < 4.78 is 39.2. The third-order valence-electron chi connectivity index (χ3n) is 3.59. The first-order valence-electron chi connectivity index (χ1n) is 7.52. The smallest absolute Gasteiger partial charge is 0.365 e. The Morgan fingerprint density at radius 1 is 1.12 bits per heavy atom. The van der Waals surface area contributed by atoms with E-state index in [2.05, 4.69) is 5.32 Å². The third kappa shape index (κ3) is 5.13. The predicted molar refractivity (Wildman–Crippen MR) is 94.3 cm³/mol. The van der Waals surface area contributed by atoms with Crippen LogP contribution in [-0.2, 0) is 11.0 Å². The Bertz CT molecular complexity index is 770. The monoisotopic (exact) mass is 370 g/mol. The van der Waals surface area contributed by atoms with Crippen molar-refractivity contribution in [3.63, 3.8) is 0 Å². The van der Waals surface area contributed by atoms with Crippen molar-refractivity contribution in [2.24, 2.45) is 0 Å². The lowest BCUT2D eigenvalue weighted by molar-refractivity contribution is -0.137. The van der Waals surface area contributed by atoms with Crippen LogP contribution in [0.3, 0.4) is 0 Å². The molecule has 0 atom stereocenters. The summed E-state index contributed by atoms with van der Waals surface area (Å²) in [4.78, 5) is 13.9. The standard InChI is InChI=1S/C18H18ClF3N2O/c1-11-6-12(2)8-14(7-11)24(3)10-17(25)23-16-5-4-13(19)9-15(16)18(20,21)22/h4-9H,10H2,1-3H3,(H,23,25). The van der Waals surface area contributed by atoms with E-state index < -0.39 is 17.6 Å². The third-order valence-corrected chi connectivity index (χ3v) is 3.82. The Kier molecular flexibility index (Phi) is 5.62. The largest absolute Gasteiger partial charge is 0.418 e. The molecule has 0 spiro atoms. The van der Waals surface area contributed by atoms with Gasteiger partial charge in [0.2, 0.25) is 5.91 Å². The van der Waals surface area contributed by atoms with E-state index in [1.807, 2.05) is 32.0 Å². The number of nitrogens with zero attached hydrogens (tertiary/aromatic N) is 1. The molecule has 0 aliphatic carbocycles. The van der Waals surface area contributed by atoms with Crippen molar-refractivity contribution in [3.05, 3.63) is 58.1 Å². The van der Waals surface area contributed by atoms with E-state index in [0.717, 1.165) is 28.9 Å². The Hall–Kier alpha value is -2.21. The summed E-state index contributed by atoms with van der Waals surface area (Å²) in [5, 5.41) is 2.27. The van der Waals surface area contributed by atoms with Gasteiger partial charge in [-0.05, 0) is 55.3 Å². The van der Waals surface area contributed by atoms with Gasteiger partial charge < -0.3 is 10.2 Å². The van der Waals surface area contributed by atoms with Crippen LogP contribution < -0.4 is 10.2 Å². The van der Waals surface area contributed by atoms with Crippen LogP contribution in [0.1, 0.15) is 16.7 Å². The van der Waals surface area contributed by atoms with Gasteiger partial charge in [-0.3, -0.25) is 4.79 Å². The number of aryl methyl sites for hydroxylation is 2. The molecular formula is C18H18ClF3N2O. The predicted octanol–water partition coefficient (Wildman–Crippen LogP) is 5.05. The molecule has 0 saturated carbocycles. The molecule has 1 amide bonds. The maximum absolute atomic E-state index is 13.1. The second-order valence-corrected chi connectivity index (χ2v) is 6.37. The van der Waals surface area contributed by atoms with Gasteiger partial charge in [0.25, 0.3) is 0 Å². The fourth-order valence-electron chi connectivity index (χ4n) is 2.53. The molecule has 3 nitrogen and oxygen atoms in total. The van der Waals surface area contributed by atoms with E-state index in [1.165, 1.54) is 6.07 Å². The number of carbonyl (C=O) groups is 1. The van der Waals surface area contributed by atoms with E-state index in [1.54, 1.807) is 11.9 Å². The van der Waals surface area contributed by atoms with Crippen LogP contribution in [0.4, 0.5) is 24.5 Å². The van der Waals surface area contributed by atoms with Crippen molar-refractivity contribution >= 4 is 28.9 Å². The summed E-state index contributed by atoms with van der Waals surface area (Å²) in [5.74, 6) is -0.547. The second-order valence-electron chi connectivity index (χ2n) is 5.94. The number of nitrogens with one attached hydrogen (secondary N) is 1. The maximum atomic E-state index is 13.1. The van der Waals surface area contributed by atoms with Gasteiger partial charge in [0.05, 0.1) is 17.8 Å². The fourth-order valence-corrected chi connectivity index (χ4v) is 2.70. The van der Waals surface area contributed by atoms with Crippen molar-refractivity contribution < 1.29 is 18.0 Å². The van der Waals surface area contributed by atoms with Gasteiger partial charge in [-0.15, -0.1) is 0 Å². The van der Waals surface area contributed by atoms with Crippen LogP contribution in [0.25, 0.3) is 0 Å². The van der Waals surface area contributed by atoms with Crippen LogP contribution in [0.5, 0.6) is 0 Å². The van der Waals surface area contributed by atoms with Gasteiger partial charge in [0.15, 0.2) is 0 Å². The van der Waals surface area contributed by atoms with Crippen molar-refractivity contribution in [2.75, 3.05) is 23.8 Å². The molecule has 0 aliphatic heterocycles. The number of hydrogen-bond acceptors (Lipinski definition) is 2. The molecule has 0 aromatic heterocycles. The molecule has 1 N–H and O–H groups in total. The van der Waals surface area contributed by atoms with E-state index >= 15 is 0 Å². The van der Waals surface area contributed by atoms with Gasteiger partial charge in [0.1, 0.15) is 0 Å². The highest BCUT2D eigenvalue weighted by molar-refractivity contribution is 6.30. The second kappa shape index (κ2) is 7.35.